The number of aliphatic carboxylic acids is 1. The van der Waals surface area contributed by atoms with Gasteiger partial charge >= 0.3 is 5.97 Å². The Balaban J connectivity index is 2.00. The Morgan fingerprint density at radius 2 is 1.88 bits per heavy atom. The molecule has 1 unspecified atom stereocenters. The van der Waals surface area contributed by atoms with Crippen molar-refractivity contribution in [3.8, 4) is 11.5 Å². The average molecular weight is 350 g/mol. The molecule has 1 heterocycles. The van der Waals surface area contributed by atoms with Crippen LogP contribution in [0.25, 0.3) is 0 Å². The van der Waals surface area contributed by atoms with Crippen molar-refractivity contribution in [1.82, 2.24) is 4.90 Å². The number of hydrogen-bond donors (Lipinski definition) is 1. The van der Waals surface area contributed by atoms with Crippen molar-refractivity contribution in [2.24, 2.45) is 0 Å². The van der Waals surface area contributed by atoms with E-state index in [2.05, 4.69) is 0 Å². The van der Waals surface area contributed by atoms with Crippen LogP contribution in [-0.4, -0.2) is 62.3 Å². The number of methoxy groups -OCH3 is 2. The zero-order valence-electron chi connectivity index (χ0n) is 15.0. The number of amides is 1. The summed E-state index contributed by atoms with van der Waals surface area (Å²) in [6.07, 6.45) is 2.30. The number of carbonyl (C=O) groups is 2. The Kier molecular flexibility index (Phi) is 6.64. The first-order valence-corrected chi connectivity index (χ1v) is 8.42. The molecule has 0 aliphatic carbocycles. The average Bonchev–Trinajstić information content (AvgIpc) is 2.99. The normalized spacial score (nSPS) is 17.2. The van der Waals surface area contributed by atoms with E-state index in [9.17, 15) is 9.59 Å². The van der Waals surface area contributed by atoms with Gasteiger partial charge in [0.2, 0.25) is 5.91 Å². The predicted octanol–water partition coefficient (Wildman–Crippen LogP) is 2.00. The quantitative estimate of drug-likeness (QED) is 0.686. The van der Waals surface area contributed by atoms with Gasteiger partial charge in [0.1, 0.15) is 11.5 Å². The van der Waals surface area contributed by atoms with E-state index in [1.54, 1.807) is 25.2 Å². The molecule has 25 heavy (non-hydrogen) atoms. The third-order valence-electron chi connectivity index (χ3n) is 4.51. The molecule has 138 valence electrons. The Bertz CT molecular complexity index is 597. The van der Waals surface area contributed by atoms with Crippen LogP contribution >= 0.6 is 0 Å². The number of likely N-dealkylation sites (N-methyl/N-ethyl adjacent to an activating group) is 1. The second-order valence-electron chi connectivity index (χ2n) is 6.20. The number of anilines is 1. The maximum atomic E-state index is 12.8. The highest BCUT2D eigenvalue weighted by Gasteiger charge is 2.35. The summed E-state index contributed by atoms with van der Waals surface area (Å²) in [6, 6.07) is 5.25. The van der Waals surface area contributed by atoms with Crippen molar-refractivity contribution in [3.05, 3.63) is 18.2 Å². The van der Waals surface area contributed by atoms with Crippen LogP contribution in [0.4, 0.5) is 5.69 Å². The Morgan fingerprint density at radius 1 is 1.24 bits per heavy atom. The molecule has 1 aliphatic heterocycles. The molecule has 1 aliphatic rings. The van der Waals surface area contributed by atoms with Gasteiger partial charge in [-0.2, -0.15) is 0 Å². The van der Waals surface area contributed by atoms with Crippen LogP contribution in [-0.2, 0) is 9.59 Å². The molecule has 1 atom stereocenters. The lowest BCUT2D eigenvalue weighted by Crippen LogP contribution is -2.40. The topological polar surface area (TPSA) is 79.3 Å². The summed E-state index contributed by atoms with van der Waals surface area (Å²) < 4.78 is 10.5. The molecule has 2 rings (SSSR count). The van der Waals surface area contributed by atoms with Crippen molar-refractivity contribution in [1.29, 1.82) is 0 Å². The van der Waals surface area contributed by atoms with Crippen LogP contribution in [0.5, 0.6) is 11.5 Å². The second-order valence-corrected chi connectivity index (χ2v) is 6.20. The smallest absolute Gasteiger partial charge is 0.303 e. The van der Waals surface area contributed by atoms with Crippen molar-refractivity contribution in [3.63, 3.8) is 0 Å². The van der Waals surface area contributed by atoms with Gasteiger partial charge < -0.3 is 19.5 Å². The van der Waals surface area contributed by atoms with Crippen molar-refractivity contribution in [2.75, 3.05) is 39.3 Å². The molecule has 1 saturated heterocycles. The van der Waals surface area contributed by atoms with Crippen molar-refractivity contribution >= 4 is 17.6 Å². The Hall–Kier alpha value is -2.28. The maximum absolute atomic E-state index is 12.8. The van der Waals surface area contributed by atoms with E-state index in [1.165, 1.54) is 0 Å². The molecule has 1 aromatic carbocycles. The predicted molar refractivity (Wildman–Crippen MR) is 94.4 cm³/mol. The van der Waals surface area contributed by atoms with Crippen LogP contribution in [0.2, 0.25) is 0 Å². The summed E-state index contributed by atoms with van der Waals surface area (Å²) in [5.41, 5.74) is 0.767. The number of benzene rings is 1. The zero-order chi connectivity index (χ0) is 18.4. The standard InChI is InChI=1S/C18H26N2O5/c1-19(8-5-4-6-17(21)22)16-7-9-20(18(16)23)13-10-14(24-2)12-15(11-13)25-3/h10-12,16H,4-9H2,1-3H3,(H,21,22). The van der Waals surface area contributed by atoms with Crippen LogP contribution < -0.4 is 14.4 Å². The Morgan fingerprint density at radius 3 is 2.44 bits per heavy atom. The van der Waals surface area contributed by atoms with E-state index in [-0.39, 0.29) is 18.4 Å². The minimum absolute atomic E-state index is 0.0519. The van der Waals surface area contributed by atoms with Gasteiger partial charge in [-0.3, -0.25) is 14.5 Å². The fourth-order valence-electron chi connectivity index (χ4n) is 3.07. The number of ether oxygens (including phenoxy) is 2. The molecule has 0 aromatic heterocycles. The lowest BCUT2D eigenvalue weighted by Gasteiger charge is -2.24. The Labute approximate surface area is 148 Å². The SMILES string of the molecule is COc1cc(OC)cc(N2CCC(N(C)CCCCC(=O)O)C2=O)c1. The summed E-state index contributed by atoms with van der Waals surface area (Å²) in [5, 5.41) is 8.68. The van der Waals surface area contributed by atoms with E-state index in [0.717, 1.165) is 18.5 Å². The number of carboxylic acids is 1. The molecule has 1 N–H and O–H groups in total. The fourth-order valence-corrected chi connectivity index (χ4v) is 3.07. The van der Waals surface area contributed by atoms with E-state index >= 15 is 0 Å². The van der Waals surface area contributed by atoms with Gasteiger partial charge in [-0.1, -0.05) is 0 Å². The first-order chi connectivity index (χ1) is 12.0. The molecular formula is C18H26N2O5. The second kappa shape index (κ2) is 8.71. The molecule has 0 radical (unpaired) electrons. The highest BCUT2D eigenvalue weighted by molar-refractivity contribution is 5.99. The van der Waals surface area contributed by atoms with Crippen LogP contribution in [0, 0.1) is 0 Å². The first-order valence-electron chi connectivity index (χ1n) is 8.42. The molecule has 1 aromatic rings. The molecule has 0 bridgehead atoms. The first kappa shape index (κ1) is 19.1. The fraction of sp³-hybridized carbons (Fsp3) is 0.556. The number of hydrogen-bond acceptors (Lipinski definition) is 5. The minimum Gasteiger partial charge on any atom is -0.497 e. The molecule has 0 saturated carbocycles. The number of carboxylic acid groups (broad SMARTS) is 1. The molecule has 7 nitrogen and oxygen atoms in total. The number of carbonyl (C=O) groups excluding carboxylic acids is 1. The third-order valence-corrected chi connectivity index (χ3v) is 4.51. The van der Waals surface area contributed by atoms with Crippen LogP contribution in [0.15, 0.2) is 18.2 Å². The maximum Gasteiger partial charge on any atom is 0.303 e. The third kappa shape index (κ3) is 4.85. The largest absolute Gasteiger partial charge is 0.497 e. The van der Waals surface area contributed by atoms with E-state index in [1.807, 2.05) is 24.1 Å². The van der Waals surface area contributed by atoms with Gasteiger partial charge in [-0.05, 0) is 32.9 Å². The number of rotatable bonds is 9. The van der Waals surface area contributed by atoms with Gasteiger partial charge in [0.25, 0.3) is 0 Å². The van der Waals surface area contributed by atoms with Crippen LogP contribution in [0.3, 0.4) is 0 Å². The lowest BCUT2D eigenvalue weighted by atomic mass is 10.2. The molecule has 0 spiro atoms. The van der Waals surface area contributed by atoms with E-state index in [0.29, 0.717) is 31.0 Å². The summed E-state index contributed by atoms with van der Waals surface area (Å²) in [6.45, 7) is 1.35. The van der Waals surface area contributed by atoms with Gasteiger partial charge in [0, 0.05) is 31.2 Å². The lowest BCUT2D eigenvalue weighted by molar-refractivity contribution is -0.137. The van der Waals surface area contributed by atoms with Crippen molar-refractivity contribution in [2.45, 2.75) is 31.7 Å². The monoisotopic (exact) mass is 350 g/mol. The number of nitrogens with zero attached hydrogens (tertiary/aromatic N) is 2. The summed E-state index contributed by atoms with van der Waals surface area (Å²) in [5.74, 6) is 0.564. The molecule has 1 amide bonds. The van der Waals surface area contributed by atoms with Crippen molar-refractivity contribution < 1.29 is 24.2 Å². The molecular weight excluding hydrogens is 324 g/mol. The highest BCUT2D eigenvalue weighted by atomic mass is 16.5. The van der Waals surface area contributed by atoms with Gasteiger partial charge in [0.15, 0.2) is 0 Å². The zero-order valence-corrected chi connectivity index (χ0v) is 15.0. The van der Waals surface area contributed by atoms with Crippen LogP contribution in [0.1, 0.15) is 25.7 Å². The minimum atomic E-state index is -0.780. The summed E-state index contributed by atoms with van der Waals surface area (Å²) in [4.78, 5) is 27.1. The molecule has 1 fully saturated rings. The highest BCUT2D eigenvalue weighted by Crippen LogP contribution is 2.31. The van der Waals surface area contributed by atoms with Gasteiger partial charge in [-0.15, -0.1) is 0 Å². The summed E-state index contributed by atoms with van der Waals surface area (Å²) >= 11 is 0. The van der Waals surface area contributed by atoms with Gasteiger partial charge in [-0.25, -0.2) is 0 Å². The number of unbranched alkanes of at least 4 members (excludes halogenated alkanes) is 1. The molecule has 7 heteroatoms. The van der Waals surface area contributed by atoms with Gasteiger partial charge in [0.05, 0.1) is 25.9 Å². The van der Waals surface area contributed by atoms with E-state index < -0.39 is 5.97 Å². The van der Waals surface area contributed by atoms with E-state index in [4.69, 9.17) is 14.6 Å². The summed E-state index contributed by atoms with van der Waals surface area (Å²) in [7, 11) is 5.08.